The van der Waals surface area contributed by atoms with Crippen LogP contribution in [0.3, 0.4) is 0 Å². The molecule has 2 heteroatoms. The zero-order valence-electron chi connectivity index (χ0n) is 9.99. The van der Waals surface area contributed by atoms with Gasteiger partial charge in [-0.15, -0.1) is 0 Å². The molecule has 88 valence electrons. The van der Waals surface area contributed by atoms with Crippen molar-refractivity contribution >= 4 is 11.6 Å². The van der Waals surface area contributed by atoms with Crippen molar-refractivity contribution in [3.63, 3.8) is 0 Å². The Kier molecular flexibility index (Phi) is 4.16. The van der Waals surface area contributed by atoms with Gasteiger partial charge < -0.3 is 0 Å². The molecule has 1 aromatic carbocycles. The molecule has 0 aliphatic carbocycles. The fourth-order valence-electron chi connectivity index (χ4n) is 1.86. The number of aryl methyl sites for hydroxylation is 3. The van der Waals surface area contributed by atoms with Crippen LogP contribution < -0.4 is 0 Å². The Morgan fingerprint density at radius 2 is 1.76 bits per heavy atom. The van der Waals surface area contributed by atoms with Gasteiger partial charge in [0.1, 0.15) is 0 Å². The van der Waals surface area contributed by atoms with Gasteiger partial charge in [-0.25, -0.2) is 0 Å². The molecule has 2 aromatic rings. The maximum absolute atomic E-state index is 5.85. The van der Waals surface area contributed by atoms with E-state index < -0.39 is 0 Å². The van der Waals surface area contributed by atoms with Gasteiger partial charge in [0.2, 0.25) is 0 Å². The average molecular weight is 246 g/mol. The smallest absolute Gasteiger partial charge is 0.0406 e. The first-order chi connectivity index (χ1) is 8.24. The average Bonchev–Trinajstić information content (AvgIpc) is 2.32. The van der Waals surface area contributed by atoms with Crippen molar-refractivity contribution in [3.05, 3.63) is 64.4 Å². The number of benzene rings is 1. The van der Waals surface area contributed by atoms with Gasteiger partial charge in [0.25, 0.3) is 0 Å². The molecule has 17 heavy (non-hydrogen) atoms. The van der Waals surface area contributed by atoms with Crippen LogP contribution in [0.4, 0.5) is 0 Å². The van der Waals surface area contributed by atoms with Crippen molar-refractivity contribution in [3.8, 4) is 0 Å². The summed E-state index contributed by atoms with van der Waals surface area (Å²) < 4.78 is 0. The molecule has 0 spiro atoms. The molecule has 0 amide bonds. The predicted octanol–water partition coefficient (Wildman–Crippen LogP) is 4.22. The maximum atomic E-state index is 5.85. The molecule has 0 bridgehead atoms. The number of hydrogen-bond acceptors (Lipinski definition) is 1. The Bertz CT molecular complexity index is 477. The van der Waals surface area contributed by atoms with E-state index in [0.717, 1.165) is 30.0 Å². The van der Waals surface area contributed by atoms with Gasteiger partial charge in [0, 0.05) is 16.4 Å². The van der Waals surface area contributed by atoms with Crippen LogP contribution >= 0.6 is 11.6 Å². The van der Waals surface area contributed by atoms with Crippen LogP contribution in [-0.2, 0) is 12.8 Å². The quantitative estimate of drug-likeness (QED) is 0.786. The molecule has 0 aliphatic heterocycles. The topological polar surface area (TPSA) is 12.9 Å². The molecule has 1 aromatic heterocycles. The van der Waals surface area contributed by atoms with Crippen molar-refractivity contribution in [2.75, 3.05) is 0 Å². The monoisotopic (exact) mass is 245 g/mol. The number of nitrogens with zero attached hydrogens (tertiary/aromatic N) is 1. The van der Waals surface area contributed by atoms with E-state index in [1.165, 1.54) is 11.3 Å². The van der Waals surface area contributed by atoms with Gasteiger partial charge >= 0.3 is 0 Å². The lowest BCUT2D eigenvalue weighted by Crippen LogP contribution is -1.94. The third-order valence-electron chi connectivity index (χ3n) is 2.76. The lowest BCUT2D eigenvalue weighted by molar-refractivity contribution is 0.795. The fraction of sp³-hybridized carbons (Fsp3) is 0.267. The Morgan fingerprint density at radius 3 is 2.47 bits per heavy atom. The molecular formula is C15H16ClN. The van der Waals surface area contributed by atoms with Gasteiger partial charge in [-0.2, -0.15) is 0 Å². The minimum absolute atomic E-state index is 0.800. The minimum Gasteiger partial charge on any atom is -0.258 e. The number of aromatic nitrogens is 1. The Hall–Kier alpha value is -1.34. The second-order valence-corrected chi connectivity index (χ2v) is 4.69. The van der Waals surface area contributed by atoms with Crippen LogP contribution in [-0.4, -0.2) is 4.98 Å². The van der Waals surface area contributed by atoms with Crippen molar-refractivity contribution in [1.82, 2.24) is 4.98 Å². The summed E-state index contributed by atoms with van der Waals surface area (Å²) in [5, 5.41) is 0.800. The highest BCUT2D eigenvalue weighted by molar-refractivity contribution is 6.30. The molecular weight excluding hydrogens is 230 g/mol. The molecule has 0 saturated heterocycles. The molecule has 0 radical (unpaired) electrons. The zero-order chi connectivity index (χ0) is 12.1. The Labute approximate surface area is 107 Å². The van der Waals surface area contributed by atoms with Crippen molar-refractivity contribution in [2.24, 2.45) is 0 Å². The van der Waals surface area contributed by atoms with E-state index in [4.69, 9.17) is 11.6 Å². The normalized spacial score (nSPS) is 10.5. The molecule has 1 nitrogen and oxygen atoms in total. The van der Waals surface area contributed by atoms with E-state index in [2.05, 4.69) is 29.2 Å². The fourth-order valence-corrected chi connectivity index (χ4v) is 1.99. The maximum Gasteiger partial charge on any atom is 0.0406 e. The second kappa shape index (κ2) is 5.83. The number of pyridine rings is 1. The largest absolute Gasteiger partial charge is 0.258 e. The molecule has 1 heterocycles. The van der Waals surface area contributed by atoms with Crippen LogP contribution in [0.15, 0.2) is 42.5 Å². The van der Waals surface area contributed by atoms with E-state index in [1.807, 2.05) is 25.1 Å². The first-order valence-electron chi connectivity index (χ1n) is 5.91. The molecule has 0 N–H and O–H groups in total. The first-order valence-corrected chi connectivity index (χ1v) is 6.29. The molecule has 0 unspecified atom stereocenters. The summed E-state index contributed by atoms with van der Waals surface area (Å²) in [5.74, 6) is 0. The summed E-state index contributed by atoms with van der Waals surface area (Å²) in [4.78, 5) is 4.50. The number of halogens is 1. The third-order valence-corrected chi connectivity index (χ3v) is 3.01. The highest BCUT2D eigenvalue weighted by atomic mass is 35.5. The van der Waals surface area contributed by atoms with Crippen molar-refractivity contribution < 1.29 is 0 Å². The molecule has 0 atom stereocenters. The molecule has 0 saturated carbocycles. The first kappa shape index (κ1) is 12.1. The minimum atomic E-state index is 0.800. The SMILES string of the molecule is Cc1cccc(CCCc2ccc(Cl)cc2)n1. The number of rotatable bonds is 4. The standard InChI is InChI=1S/C15H16ClN/c1-12-4-2-6-15(17-12)7-3-5-13-8-10-14(16)11-9-13/h2,4,6,8-11H,3,5,7H2,1H3. The molecule has 0 fully saturated rings. The van der Waals surface area contributed by atoms with E-state index in [1.54, 1.807) is 0 Å². The Morgan fingerprint density at radius 1 is 1.00 bits per heavy atom. The molecule has 0 aliphatic rings. The van der Waals surface area contributed by atoms with Crippen LogP contribution in [0.2, 0.25) is 5.02 Å². The number of hydrogen-bond donors (Lipinski definition) is 0. The summed E-state index contributed by atoms with van der Waals surface area (Å²) in [6.07, 6.45) is 3.23. The van der Waals surface area contributed by atoms with Gasteiger partial charge in [-0.3, -0.25) is 4.98 Å². The lowest BCUT2D eigenvalue weighted by Gasteiger charge is -2.03. The third kappa shape index (κ3) is 3.86. The summed E-state index contributed by atoms with van der Waals surface area (Å²) in [7, 11) is 0. The van der Waals surface area contributed by atoms with E-state index in [0.29, 0.717) is 0 Å². The van der Waals surface area contributed by atoms with Crippen LogP contribution in [0, 0.1) is 6.92 Å². The van der Waals surface area contributed by atoms with Gasteiger partial charge in [-0.05, 0) is 56.0 Å². The predicted molar refractivity (Wildman–Crippen MR) is 72.5 cm³/mol. The molecule has 2 rings (SSSR count). The van der Waals surface area contributed by atoms with Gasteiger partial charge in [0.15, 0.2) is 0 Å². The van der Waals surface area contributed by atoms with Crippen molar-refractivity contribution in [1.29, 1.82) is 0 Å². The lowest BCUT2D eigenvalue weighted by atomic mass is 10.1. The van der Waals surface area contributed by atoms with Gasteiger partial charge in [0.05, 0.1) is 0 Å². The highest BCUT2D eigenvalue weighted by Gasteiger charge is 1.97. The summed E-state index contributed by atoms with van der Waals surface area (Å²) in [6, 6.07) is 14.3. The summed E-state index contributed by atoms with van der Waals surface area (Å²) >= 11 is 5.85. The highest BCUT2D eigenvalue weighted by Crippen LogP contribution is 2.12. The van der Waals surface area contributed by atoms with Crippen molar-refractivity contribution in [2.45, 2.75) is 26.2 Å². The van der Waals surface area contributed by atoms with E-state index in [-0.39, 0.29) is 0 Å². The van der Waals surface area contributed by atoms with E-state index in [9.17, 15) is 0 Å². The van der Waals surface area contributed by atoms with Crippen LogP contribution in [0.1, 0.15) is 23.4 Å². The summed E-state index contributed by atoms with van der Waals surface area (Å²) in [6.45, 7) is 2.03. The van der Waals surface area contributed by atoms with E-state index >= 15 is 0 Å². The Balaban J connectivity index is 1.85. The second-order valence-electron chi connectivity index (χ2n) is 4.25. The summed E-state index contributed by atoms with van der Waals surface area (Å²) in [5.41, 5.74) is 3.61. The zero-order valence-corrected chi connectivity index (χ0v) is 10.7. The van der Waals surface area contributed by atoms with Crippen LogP contribution in [0.5, 0.6) is 0 Å². The van der Waals surface area contributed by atoms with Crippen LogP contribution in [0.25, 0.3) is 0 Å². The van der Waals surface area contributed by atoms with Gasteiger partial charge in [-0.1, -0.05) is 29.8 Å².